The molecule has 2 aliphatic rings. The van der Waals surface area contributed by atoms with Crippen LogP contribution in [0.1, 0.15) is 17.2 Å². The first kappa shape index (κ1) is 16.3. The molecule has 5 nitrogen and oxygen atoms in total. The molecule has 2 aliphatic heterocycles. The van der Waals surface area contributed by atoms with Crippen LogP contribution in [0.15, 0.2) is 24.3 Å². The Bertz CT molecular complexity index is 601. The van der Waals surface area contributed by atoms with Gasteiger partial charge in [0.05, 0.1) is 6.04 Å². The summed E-state index contributed by atoms with van der Waals surface area (Å²) < 4.78 is 5.71. The van der Waals surface area contributed by atoms with Crippen molar-refractivity contribution in [2.24, 2.45) is 0 Å². The number of ether oxygens (including phenoxy) is 1. The third-order valence-corrected chi connectivity index (χ3v) is 5.50. The van der Waals surface area contributed by atoms with E-state index in [-0.39, 0.29) is 24.5 Å². The van der Waals surface area contributed by atoms with E-state index >= 15 is 0 Å². The van der Waals surface area contributed by atoms with Crippen LogP contribution in [-0.2, 0) is 14.3 Å². The molecule has 2 amide bonds. The molecule has 124 valence electrons. The molecule has 2 atom stereocenters. The van der Waals surface area contributed by atoms with E-state index < -0.39 is 6.10 Å². The van der Waals surface area contributed by atoms with Crippen LogP contribution in [0.25, 0.3) is 0 Å². The van der Waals surface area contributed by atoms with E-state index in [1.54, 1.807) is 11.9 Å². The minimum atomic E-state index is -0.623. The molecule has 0 saturated carbocycles. The summed E-state index contributed by atoms with van der Waals surface area (Å²) in [5.41, 5.74) is 2.04. The smallest absolute Gasteiger partial charge is 0.254 e. The number of hydrogen-bond donors (Lipinski definition) is 0. The van der Waals surface area contributed by atoms with E-state index in [0.717, 1.165) is 35.7 Å². The number of thioether (sulfide) groups is 1. The first-order chi connectivity index (χ1) is 11.1. The van der Waals surface area contributed by atoms with Crippen LogP contribution in [0.4, 0.5) is 0 Å². The van der Waals surface area contributed by atoms with Crippen LogP contribution < -0.4 is 0 Å². The number of carbonyl (C=O) groups excluding carboxylic acids is 2. The Labute approximate surface area is 141 Å². The van der Waals surface area contributed by atoms with Crippen LogP contribution in [0.5, 0.6) is 0 Å². The van der Waals surface area contributed by atoms with E-state index in [2.05, 4.69) is 0 Å². The Morgan fingerprint density at radius 3 is 2.65 bits per heavy atom. The van der Waals surface area contributed by atoms with Gasteiger partial charge in [-0.3, -0.25) is 9.59 Å². The molecular formula is C17H22N2O3S. The molecule has 3 rings (SSSR count). The zero-order valence-electron chi connectivity index (χ0n) is 13.5. The summed E-state index contributed by atoms with van der Waals surface area (Å²) in [4.78, 5) is 28.6. The van der Waals surface area contributed by atoms with Crippen molar-refractivity contribution in [2.45, 2.75) is 19.1 Å². The molecule has 1 aromatic rings. The number of benzene rings is 1. The highest BCUT2D eigenvalue weighted by molar-refractivity contribution is 7.99. The van der Waals surface area contributed by atoms with E-state index in [9.17, 15) is 9.59 Å². The normalized spacial score (nSPS) is 25.6. The Morgan fingerprint density at radius 1 is 1.26 bits per heavy atom. The average molecular weight is 334 g/mol. The minimum absolute atomic E-state index is 0.00194. The molecule has 0 unspecified atom stereocenters. The predicted molar refractivity (Wildman–Crippen MR) is 90.3 cm³/mol. The van der Waals surface area contributed by atoms with Gasteiger partial charge in [-0.05, 0) is 18.1 Å². The van der Waals surface area contributed by atoms with Crippen LogP contribution in [0.2, 0.25) is 0 Å². The molecule has 0 radical (unpaired) electrons. The van der Waals surface area contributed by atoms with E-state index in [1.165, 1.54) is 0 Å². The fraction of sp³-hybridized carbons (Fsp3) is 0.529. The molecule has 0 N–H and O–H groups in total. The lowest BCUT2D eigenvalue weighted by molar-refractivity contribution is -0.167. The van der Waals surface area contributed by atoms with Gasteiger partial charge in [-0.25, -0.2) is 0 Å². The van der Waals surface area contributed by atoms with Crippen molar-refractivity contribution in [2.75, 3.05) is 38.2 Å². The maximum Gasteiger partial charge on any atom is 0.254 e. The quantitative estimate of drug-likeness (QED) is 0.822. The monoisotopic (exact) mass is 334 g/mol. The topological polar surface area (TPSA) is 49.9 Å². The van der Waals surface area contributed by atoms with Gasteiger partial charge in [-0.15, -0.1) is 0 Å². The summed E-state index contributed by atoms with van der Waals surface area (Å²) in [5, 5.41) is 0. The fourth-order valence-electron chi connectivity index (χ4n) is 3.17. The highest BCUT2D eigenvalue weighted by atomic mass is 32.2. The number of likely N-dealkylation sites (N-methyl/N-ethyl adjacent to an activating group) is 1. The molecule has 1 aromatic carbocycles. The minimum Gasteiger partial charge on any atom is -0.356 e. The molecular weight excluding hydrogens is 312 g/mol. The summed E-state index contributed by atoms with van der Waals surface area (Å²) in [5.74, 6) is 1.83. The lowest BCUT2D eigenvalue weighted by atomic mass is 9.93. The van der Waals surface area contributed by atoms with Crippen molar-refractivity contribution in [1.29, 1.82) is 0 Å². The first-order valence-corrected chi connectivity index (χ1v) is 9.04. The van der Waals surface area contributed by atoms with Crippen LogP contribution in [0, 0.1) is 6.92 Å². The summed E-state index contributed by atoms with van der Waals surface area (Å²) in [6.45, 7) is 3.47. The molecule has 2 heterocycles. The van der Waals surface area contributed by atoms with E-state index in [1.807, 2.05) is 47.9 Å². The number of nitrogens with zero attached hydrogens (tertiary/aromatic N) is 2. The second kappa shape index (κ2) is 6.93. The molecule has 0 bridgehead atoms. The van der Waals surface area contributed by atoms with Gasteiger partial charge in [-0.1, -0.05) is 24.3 Å². The van der Waals surface area contributed by atoms with Gasteiger partial charge in [0.2, 0.25) is 5.91 Å². The van der Waals surface area contributed by atoms with Crippen molar-refractivity contribution < 1.29 is 14.3 Å². The van der Waals surface area contributed by atoms with E-state index in [0.29, 0.717) is 0 Å². The second-order valence-electron chi connectivity index (χ2n) is 5.98. The lowest BCUT2D eigenvalue weighted by Gasteiger charge is -2.41. The van der Waals surface area contributed by atoms with Crippen molar-refractivity contribution in [3.63, 3.8) is 0 Å². The lowest BCUT2D eigenvalue weighted by Crippen LogP contribution is -2.55. The molecule has 0 aromatic heterocycles. The Morgan fingerprint density at radius 2 is 1.96 bits per heavy atom. The SMILES string of the molecule is Cc1ccccc1[C@@H]1[C@@H](C(=O)N2CCSCC2)OCC(=O)N1C. The fourth-order valence-corrected chi connectivity index (χ4v) is 4.08. The summed E-state index contributed by atoms with van der Waals surface area (Å²) in [6, 6.07) is 7.52. The third-order valence-electron chi connectivity index (χ3n) is 4.56. The van der Waals surface area contributed by atoms with Gasteiger partial charge in [-0.2, -0.15) is 11.8 Å². The van der Waals surface area contributed by atoms with Gasteiger partial charge in [0.25, 0.3) is 5.91 Å². The number of aryl methyl sites for hydroxylation is 1. The average Bonchev–Trinajstić information content (AvgIpc) is 2.58. The summed E-state index contributed by atoms with van der Waals surface area (Å²) >= 11 is 1.86. The number of carbonyl (C=O) groups is 2. The molecule has 6 heteroatoms. The molecule has 0 spiro atoms. The van der Waals surface area contributed by atoms with Gasteiger partial charge in [0.1, 0.15) is 6.61 Å². The Balaban J connectivity index is 1.91. The van der Waals surface area contributed by atoms with Gasteiger partial charge < -0.3 is 14.5 Å². The molecule has 23 heavy (non-hydrogen) atoms. The van der Waals surface area contributed by atoms with Crippen molar-refractivity contribution in [1.82, 2.24) is 9.80 Å². The van der Waals surface area contributed by atoms with Crippen molar-refractivity contribution in [3.8, 4) is 0 Å². The standard InChI is InChI=1S/C17H22N2O3S/c1-12-5-3-4-6-13(12)15-16(22-11-14(20)18(15)2)17(21)19-7-9-23-10-8-19/h3-6,15-16H,7-11H2,1-2H3/t15-,16+/m1/s1. The first-order valence-electron chi connectivity index (χ1n) is 7.89. The maximum atomic E-state index is 13.0. The van der Waals surface area contributed by atoms with Crippen molar-refractivity contribution in [3.05, 3.63) is 35.4 Å². The molecule has 2 fully saturated rings. The zero-order valence-corrected chi connectivity index (χ0v) is 14.3. The third kappa shape index (κ3) is 3.23. The summed E-state index contributed by atoms with van der Waals surface area (Å²) in [7, 11) is 1.76. The number of morpholine rings is 1. The van der Waals surface area contributed by atoms with Crippen LogP contribution in [-0.4, -0.2) is 66.0 Å². The second-order valence-corrected chi connectivity index (χ2v) is 7.20. The zero-order chi connectivity index (χ0) is 16.4. The van der Waals surface area contributed by atoms with Gasteiger partial charge >= 0.3 is 0 Å². The number of amides is 2. The van der Waals surface area contributed by atoms with E-state index in [4.69, 9.17) is 4.74 Å². The highest BCUT2D eigenvalue weighted by Gasteiger charge is 2.42. The molecule has 2 saturated heterocycles. The van der Waals surface area contributed by atoms with Crippen LogP contribution in [0.3, 0.4) is 0 Å². The number of rotatable bonds is 2. The Hall–Kier alpha value is -1.53. The Kier molecular flexibility index (Phi) is 4.92. The summed E-state index contributed by atoms with van der Waals surface area (Å²) in [6.07, 6.45) is -0.623. The van der Waals surface area contributed by atoms with Gasteiger partial charge in [0.15, 0.2) is 6.10 Å². The van der Waals surface area contributed by atoms with Gasteiger partial charge in [0, 0.05) is 31.6 Å². The highest BCUT2D eigenvalue weighted by Crippen LogP contribution is 2.32. The van der Waals surface area contributed by atoms with Crippen molar-refractivity contribution >= 4 is 23.6 Å². The predicted octanol–water partition coefficient (Wildman–Crippen LogP) is 1.47. The molecule has 0 aliphatic carbocycles. The largest absolute Gasteiger partial charge is 0.356 e. The van der Waals surface area contributed by atoms with Crippen LogP contribution >= 0.6 is 11.8 Å². The maximum absolute atomic E-state index is 13.0. The number of hydrogen-bond acceptors (Lipinski definition) is 4.